The molecule has 1 aliphatic carbocycles. The molecule has 0 spiro atoms. The van der Waals surface area contributed by atoms with Crippen LogP contribution in [0, 0.1) is 0 Å². The molecule has 114 valence electrons. The number of hydrogen-bond acceptors (Lipinski definition) is 3. The molecule has 0 aliphatic heterocycles. The molecule has 3 N–H and O–H groups in total. The lowest BCUT2D eigenvalue weighted by atomic mass is 9.97. The van der Waals surface area contributed by atoms with E-state index in [2.05, 4.69) is 10.1 Å². The van der Waals surface area contributed by atoms with Crippen LogP contribution in [-0.2, 0) is 0 Å². The van der Waals surface area contributed by atoms with Crippen LogP contribution in [0.3, 0.4) is 0 Å². The number of halogens is 2. The normalized spacial score (nSPS) is 16.7. The maximum absolute atomic E-state index is 12.2. The molecule has 0 bridgehead atoms. The van der Waals surface area contributed by atoms with Gasteiger partial charge in [0.25, 0.3) is 5.91 Å². The molecular formula is C14H16F2N2O2S. The van der Waals surface area contributed by atoms with E-state index < -0.39 is 12.2 Å². The van der Waals surface area contributed by atoms with Crippen LogP contribution in [0.25, 0.3) is 0 Å². The molecule has 4 nitrogen and oxygen atoms in total. The Hall–Kier alpha value is -1.76. The van der Waals surface area contributed by atoms with Gasteiger partial charge in [-0.3, -0.25) is 4.79 Å². The van der Waals surface area contributed by atoms with E-state index in [1.165, 1.54) is 24.3 Å². The molecule has 0 unspecified atom stereocenters. The van der Waals surface area contributed by atoms with Crippen LogP contribution in [0.5, 0.6) is 5.75 Å². The standard InChI is InChI=1S/C14H16F2N2O2S/c15-13(16)20-10-5-3-9(4-6-10)11(19)18-14(12(17)21)7-1-2-8-14/h3-6,13H,1-2,7-8H2,(H2,17,21)(H,18,19). The summed E-state index contributed by atoms with van der Waals surface area (Å²) in [6.45, 7) is -2.89. The Labute approximate surface area is 126 Å². The number of carbonyl (C=O) groups is 1. The molecule has 0 atom stereocenters. The maximum Gasteiger partial charge on any atom is 0.387 e. The highest BCUT2D eigenvalue weighted by molar-refractivity contribution is 7.80. The third-order valence-electron chi connectivity index (χ3n) is 3.62. The maximum atomic E-state index is 12.2. The molecule has 2 rings (SSSR count). The number of alkyl halides is 2. The van der Waals surface area contributed by atoms with Gasteiger partial charge in [0.2, 0.25) is 0 Å². The summed E-state index contributed by atoms with van der Waals surface area (Å²) in [4.78, 5) is 12.5. The van der Waals surface area contributed by atoms with E-state index >= 15 is 0 Å². The Balaban J connectivity index is 2.07. The van der Waals surface area contributed by atoms with Gasteiger partial charge in [0, 0.05) is 5.56 Å². The van der Waals surface area contributed by atoms with Crippen molar-refractivity contribution in [2.75, 3.05) is 0 Å². The van der Waals surface area contributed by atoms with Gasteiger partial charge >= 0.3 is 6.61 Å². The van der Waals surface area contributed by atoms with Crippen molar-refractivity contribution < 1.29 is 18.3 Å². The van der Waals surface area contributed by atoms with E-state index in [9.17, 15) is 13.6 Å². The lowest BCUT2D eigenvalue weighted by Crippen LogP contribution is -2.54. The number of nitrogens with one attached hydrogen (secondary N) is 1. The predicted molar refractivity (Wildman–Crippen MR) is 78.5 cm³/mol. The first-order chi connectivity index (χ1) is 9.93. The molecule has 0 aromatic heterocycles. The third kappa shape index (κ3) is 3.66. The molecule has 1 amide bonds. The van der Waals surface area contributed by atoms with E-state index in [0.717, 1.165) is 25.7 Å². The number of carbonyl (C=O) groups excluding carboxylic acids is 1. The van der Waals surface area contributed by atoms with E-state index in [1.54, 1.807) is 0 Å². The SMILES string of the molecule is NC(=S)C1(NC(=O)c2ccc(OC(F)F)cc2)CCCC1. The van der Waals surface area contributed by atoms with Crippen molar-refractivity contribution in [3.05, 3.63) is 29.8 Å². The number of benzene rings is 1. The fourth-order valence-electron chi connectivity index (χ4n) is 2.49. The summed E-state index contributed by atoms with van der Waals surface area (Å²) in [5, 5.41) is 2.87. The second kappa shape index (κ2) is 6.34. The molecule has 1 aromatic rings. The highest BCUT2D eigenvalue weighted by Gasteiger charge is 2.38. The first-order valence-electron chi connectivity index (χ1n) is 6.60. The minimum atomic E-state index is -2.89. The van der Waals surface area contributed by atoms with Crippen molar-refractivity contribution in [3.63, 3.8) is 0 Å². The summed E-state index contributed by atoms with van der Waals surface area (Å²) in [6, 6.07) is 5.50. The van der Waals surface area contributed by atoms with Crippen LogP contribution in [-0.4, -0.2) is 23.0 Å². The summed E-state index contributed by atoms with van der Waals surface area (Å²) in [6.07, 6.45) is 3.36. The minimum absolute atomic E-state index is 0.00600. The van der Waals surface area contributed by atoms with Gasteiger partial charge in [-0.25, -0.2) is 0 Å². The molecule has 0 heterocycles. The van der Waals surface area contributed by atoms with Crippen molar-refractivity contribution in [2.24, 2.45) is 5.73 Å². The van der Waals surface area contributed by atoms with E-state index in [-0.39, 0.29) is 16.6 Å². The molecule has 0 radical (unpaired) electrons. The van der Waals surface area contributed by atoms with E-state index in [4.69, 9.17) is 18.0 Å². The summed E-state index contributed by atoms with van der Waals surface area (Å²) in [7, 11) is 0. The topological polar surface area (TPSA) is 64.3 Å². The van der Waals surface area contributed by atoms with Gasteiger partial charge in [-0.05, 0) is 37.1 Å². The first kappa shape index (κ1) is 15.6. The molecule has 21 heavy (non-hydrogen) atoms. The van der Waals surface area contributed by atoms with Gasteiger partial charge < -0.3 is 15.8 Å². The number of rotatable bonds is 5. The number of thiocarbonyl (C=S) groups is 1. The monoisotopic (exact) mass is 314 g/mol. The molecule has 7 heteroatoms. The van der Waals surface area contributed by atoms with Gasteiger partial charge in [-0.1, -0.05) is 25.1 Å². The highest BCUT2D eigenvalue weighted by atomic mass is 32.1. The fourth-order valence-corrected chi connectivity index (χ4v) is 2.74. The second-order valence-electron chi connectivity index (χ2n) is 5.01. The lowest BCUT2D eigenvalue weighted by Gasteiger charge is -2.29. The van der Waals surface area contributed by atoms with Gasteiger partial charge in [0.15, 0.2) is 0 Å². The minimum Gasteiger partial charge on any atom is -0.435 e. The van der Waals surface area contributed by atoms with Crippen LogP contribution >= 0.6 is 12.2 Å². The summed E-state index contributed by atoms with van der Waals surface area (Å²) in [5.74, 6) is -0.320. The largest absolute Gasteiger partial charge is 0.435 e. The Morgan fingerprint density at radius 1 is 1.29 bits per heavy atom. The van der Waals surface area contributed by atoms with Crippen LogP contribution in [0.1, 0.15) is 36.0 Å². The summed E-state index contributed by atoms with van der Waals surface area (Å²) < 4.78 is 28.4. The zero-order valence-electron chi connectivity index (χ0n) is 11.3. The Morgan fingerprint density at radius 2 is 1.86 bits per heavy atom. The van der Waals surface area contributed by atoms with Crippen molar-refractivity contribution in [1.82, 2.24) is 5.32 Å². The Kier molecular flexibility index (Phi) is 4.72. The molecule has 1 aliphatic rings. The van der Waals surface area contributed by atoms with Gasteiger partial charge in [-0.15, -0.1) is 0 Å². The van der Waals surface area contributed by atoms with E-state index in [0.29, 0.717) is 5.56 Å². The average Bonchev–Trinajstić information content (AvgIpc) is 2.88. The fraction of sp³-hybridized carbons (Fsp3) is 0.429. The quantitative estimate of drug-likeness (QED) is 0.820. The van der Waals surface area contributed by atoms with Crippen LogP contribution < -0.4 is 15.8 Å². The average molecular weight is 314 g/mol. The first-order valence-corrected chi connectivity index (χ1v) is 7.01. The molecule has 1 aromatic carbocycles. The molecule has 1 fully saturated rings. The predicted octanol–water partition coefficient (Wildman–Crippen LogP) is 2.62. The van der Waals surface area contributed by atoms with Crippen molar-refractivity contribution >= 4 is 23.1 Å². The molecular weight excluding hydrogens is 298 g/mol. The second-order valence-corrected chi connectivity index (χ2v) is 5.45. The van der Waals surface area contributed by atoms with Gasteiger partial charge in [-0.2, -0.15) is 8.78 Å². The summed E-state index contributed by atoms with van der Waals surface area (Å²) >= 11 is 5.06. The van der Waals surface area contributed by atoms with Crippen LogP contribution in [0.4, 0.5) is 8.78 Å². The van der Waals surface area contributed by atoms with Crippen molar-refractivity contribution in [2.45, 2.75) is 37.8 Å². The molecule has 0 saturated heterocycles. The zero-order chi connectivity index (χ0) is 15.5. The van der Waals surface area contributed by atoms with Gasteiger partial charge in [0.05, 0.1) is 10.5 Å². The number of ether oxygens (including phenoxy) is 1. The third-order valence-corrected chi connectivity index (χ3v) is 4.01. The zero-order valence-corrected chi connectivity index (χ0v) is 12.1. The van der Waals surface area contributed by atoms with E-state index in [1.807, 2.05) is 0 Å². The Morgan fingerprint density at radius 3 is 2.33 bits per heavy atom. The number of amides is 1. The number of nitrogens with two attached hydrogens (primary N) is 1. The van der Waals surface area contributed by atoms with Gasteiger partial charge in [0.1, 0.15) is 5.75 Å². The lowest BCUT2D eigenvalue weighted by molar-refractivity contribution is -0.0498. The van der Waals surface area contributed by atoms with Crippen molar-refractivity contribution in [1.29, 1.82) is 0 Å². The van der Waals surface area contributed by atoms with Crippen LogP contribution in [0.2, 0.25) is 0 Å². The number of hydrogen-bond donors (Lipinski definition) is 2. The smallest absolute Gasteiger partial charge is 0.387 e. The Bertz CT molecular complexity index is 528. The molecule has 1 saturated carbocycles. The van der Waals surface area contributed by atoms with Crippen LogP contribution in [0.15, 0.2) is 24.3 Å². The van der Waals surface area contributed by atoms with Crippen molar-refractivity contribution in [3.8, 4) is 5.75 Å². The highest BCUT2D eigenvalue weighted by Crippen LogP contribution is 2.30. The summed E-state index contributed by atoms with van der Waals surface area (Å²) in [5.41, 5.74) is 5.46.